The van der Waals surface area contributed by atoms with Crippen molar-refractivity contribution in [2.75, 3.05) is 0 Å². The summed E-state index contributed by atoms with van der Waals surface area (Å²) in [6, 6.07) is 9.30. The lowest BCUT2D eigenvalue weighted by Crippen LogP contribution is -2.54. The summed E-state index contributed by atoms with van der Waals surface area (Å²) in [5.41, 5.74) is 4.97. The van der Waals surface area contributed by atoms with Gasteiger partial charge in [-0.05, 0) is 64.2 Å². The Kier molecular flexibility index (Phi) is 5.44. The van der Waals surface area contributed by atoms with Gasteiger partial charge in [-0.3, -0.25) is 5.43 Å². The van der Waals surface area contributed by atoms with Gasteiger partial charge in [-0.15, -0.1) is 0 Å². The molecule has 0 spiro atoms. The van der Waals surface area contributed by atoms with E-state index in [4.69, 9.17) is 0 Å². The van der Waals surface area contributed by atoms with E-state index in [1.54, 1.807) is 12.1 Å². The largest absolute Gasteiger partial charge is 0.508 e. The van der Waals surface area contributed by atoms with E-state index in [0.29, 0.717) is 23.9 Å². The van der Waals surface area contributed by atoms with Crippen molar-refractivity contribution in [3.05, 3.63) is 29.8 Å². The molecule has 1 saturated heterocycles. The number of piperidine rings is 1. The van der Waals surface area contributed by atoms with Crippen LogP contribution in [0.2, 0.25) is 0 Å². The number of hydrogen-bond donors (Lipinski definition) is 2. The Bertz CT molecular complexity index is 394. The van der Waals surface area contributed by atoms with Gasteiger partial charge in [-0.25, -0.2) is 5.01 Å². The topological polar surface area (TPSA) is 35.5 Å². The summed E-state index contributed by atoms with van der Waals surface area (Å²) in [5.74, 6) is 0.343. The normalized spacial score (nSPS) is 25.6. The molecule has 3 heteroatoms. The van der Waals surface area contributed by atoms with E-state index >= 15 is 0 Å². The molecule has 1 heterocycles. The smallest absolute Gasteiger partial charge is 0.115 e. The van der Waals surface area contributed by atoms with Gasteiger partial charge in [0.25, 0.3) is 0 Å². The second-order valence-electron chi connectivity index (χ2n) is 6.27. The second kappa shape index (κ2) is 7.09. The third kappa shape index (κ3) is 4.22. The predicted molar refractivity (Wildman–Crippen MR) is 83.6 cm³/mol. The van der Waals surface area contributed by atoms with Crippen LogP contribution in [0.4, 0.5) is 0 Å². The number of nitrogens with one attached hydrogen (secondary N) is 1. The lowest BCUT2D eigenvalue weighted by atomic mass is 9.99. The van der Waals surface area contributed by atoms with Crippen LogP contribution in [-0.2, 0) is 6.42 Å². The van der Waals surface area contributed by atoms with Crippen molar-refractivity contribution < 1.29 is 5.11 Å². The van der Waals surface area contributed by atoms with Gasteiger partial charge in [0, 0.05) is 18.1 Å². The molecule has 112 valence electrons. The van der Waals surface area contributed by atoms with E-state index < -0.39 is 0 Å². The molecule has 3 nitrogen and oxygen atoms in total. The molecule has 20 heavy (non-hydrogen) atoms. The maximum absolute atomic E-state index is 9.29. The molecule has 0 bridgehead atoms. The maximum atomic E-state index is 9.29. The molecule has 0 aliphatic carbocycles. The first-order valence-corrected chi connectivity index (χ1v) is 7.88. The minimum Gasteiger partial charge on any atom is -0.508 e. The van der Waals surface area contributed by atoms with Gasteiger partial charge < -0.3 is 5.11 Å². The van der Waals surface area contributed by atoms with Crippen LogP contribution in [0.1, 0.15) is 52.0 Å². The van der Waals surface area contributed by atoms with Crippen molar-refractivity contribution in [3.63, 3.8) is 0 Å². The van der Waals surface area contributed by atoms with Crippen molar-refractivity contribution in [3.8, 4) is 5.75 Å². The number of aromatic hydroxyl groups is 1. The van der Waals surface area contributed by atoms with E-state index in [2.05, 4.69) is 31.2 Å². The minimum atomic E-state index is 0.343. The number of aryl methyl sites for hydroxylation is 1. The molecule has 2 rings (SSSR count). The fourth-order valence-corrected chi connectivity index (χ4v) is 3.04. The first-order valence-electron chi connectivity index (χ1n) is 7.88. The molecule has 3 atom stereocenters. The van der Waals surface area contributed by atoms with Crippen LogP contribution in [0.15, 0.2) is 24.3 Å². The number of hydrazine groups is 1. The Morgan fingerprint density at radius 3 is 2.40 bits per heavy atom. The Labute approximate surface area is 123 Å². The summed E-state index contributed by atoms with van der Waals surface area (Å²) in [5, 5.41) is 11.7. The standard InChI is InChI=1S/C17H28N2O/c1-13(7-8-16-9-11-17(20)12-10-16)18-19-14(2)5-4-6-15(19)3/h9-15,18,20H,4-8H2,1-3H3. The fourth-order valence-electron chi connectivity index (χ4n) is 3.04. The molecule has 0 aromatic heterocycles. The Morgan fingerprint density at radius 1 is 1.20 bits per heavy atom. The Balaban J connectivity index is 1.79. The lowest BCUT2D eigenvalue weighted by molar-refractivity contribution is 0.0310. The predicted octanol–water partition coefficient (Wildman–Crippen LogP) is 3.48. The van der Waals surface area contributed by atoms with E-state index in [-0.39, 0.29) is 0 Å². The zero-order valence-electron chi connectivity index (χ0n) is 13.0. The quantitative estimate of drug-likeness (QED) is 0.864. The van der Waals surface area contributed by atoms with Crippen LogP contribution in [0.25, 0.3) is 0 Å². The summed E-state index contributed by atoms with van der Waals surface area (Å²) in [7, 11) is 0. The van der Waals surface area contributed by atoms with E-state index in [9.17, 15) is 5.11 Å². The molecule has 1 aliphatic rings. The van der Waals surface area contributed by atoms with Crippen molar-refractivity contribution >= 4 is 0 Å². The molecule has 0 radical (unpaired) electrons. The lowest BCUT2D eigenvalue weighted by Gasteiger charge is -2.41. The van der Waals surface area contributed by atoms with Gasteiger partial charge in [0.05, 0.1) is 0 Å². The summed E-state index contributed by atoms with van der Waals surface area (Å²) in [4.78, 5) is 0. The third-order valence-corrected chi connectivity index (χ3v) is 4.37. The molecule has 2 N–H and O–H groups in total. The zero-order valence-corrected chi connectivity index (χ0v) is 13.0. The molecule has 3 unspecified atom stereocenters. The average Bonchev–Trinajstić information content (AvgIpc) is 2.42. The molecule has 1 aliphatic heterocycles. The van der Waals surface area contributed by atoms with Crippen LogP contribution in [-0.4, -0.2) is 28.2 Å². The molecule has 1 aromatic carbocycles. The van der Waals surface area contributed by atoms with Gasteiger partial charge >= 0.3 is 0 Å². The monoisotopic (exact) mass is 276 g/mol. The van der Waals surface area contributed by atoms with E-state index in [1.807, 2.05) is 12.1 Å². The molecule has 1 aromatic rings. The SMILES string of the molecule is CC(CCc1ccc(O)cc1)NN1C(C)CCCC1C. The van der Waals surface area contributed by atoms with Crippen LogP contribution >= 0.6 is 0 Å². The number of phenols is 1. The molecular weight excluding hydrogens is 248 g/mol. The molecular formula is C17H28N2O. The Hall–Kier alpha value is -1.06. The van der Waals surface area contributed by atoms with Crippen LogP contribution < -0.4 is 5.43 Å². The molecule has 1 fully saturated rings. The first kappa shape index (κ1) is 15.3. The van der Waals surface area contributed by atoms with Gasteiger partial charge in [0.15, 0.2) is 0 Å². The van der Waals surface area contributed by atoms with Crippen molar-refractivity contribution in [1.82, 2.24) is 10.4 Å². The summed E-state index contributed by atoms with van der Waals surface area (Å²) < 4.78 is 0. The minimum absolute atomic E-state index is 0.343. The van der Waals surface area contributed by atoms with Crippen molar-refractivity contribution in [2.45, 2.75) is 71.0 Å². The summed E-state index contributed by atoms with van der Waals surface area (Å²) >= 11 is 0. The number of phenolic OH excluding ortho intramolecular Hbond substituents is 1. The molecule has 0 saturated carbocycles. The van der Waals surface area contributed by atoms with Gasteiger partial charge in [-0.1, -0.05) is 18.6 Å². The van der Waals surface area contributed by atoms with E-state index in [1.165, 1.54) is 24.8 Å². The van der Waals surface area contributed by atoms with E-state index in [0.717, 1.165) is 12.8 Å². The average molecular weight is 276 g/mol. The fraction of sp³-hybridized carbons (Fsp3) is 0.647. The number of benzene rings is 1. The number of nitrogens with zero attached hydrogens (tertiary/aromatic N) is 1. The molecule has 0 amide bonds. The third-order valence-electron chi connectivity index (χ3n) is 4.37. The highest BCUT2D eigenvalue weighted by molar-refractivity contribution is 5.25. The van der Waals surface area contributed by atoms with Gasteiger partial charge in [0.1, 0.15) is 5.75 Å². The van der Waals surface area contributed by atoms with Crippen molar-refractivity contribution in [2.24, 2.45) is 0 Å². The number of rotatable bonds is 5. The van der Waals surface area contributed by atoms with Crippen LogP contribution in [0, 0.1) is 0 Å². The second-order valence-corrected chi connectivity index (χ2v) is 6.27. The van der Waals surface area contributed by atoms with Gasteiger partial charge in [-0.2, -0.15) is 0 Å². The highest BCUT2D eigenvalue weighted by atomic mass is 16.3. The zero-order chi connectivity index (χ0) is 14.5. The van der Waals surface area contributed by atoms with Crippen LogP contribution in [0.5, 0.6) is 5.75 Å². The summed E-state index contributed by atoms with van der Waals surface area (Å²) in [6.45, 7) is 6.89. The highest BCUT2D eigenvalue weighted by Gasteiger charge is 2.25. The van der Waals surface area contributed by atoms with Gasteiger partial charge in [0.2, 0.25) is 0 Å². The van der Waals surface area contributed by atoms with Crippen LogP contribution in [0.3, 0.4) is 0 Å². The highest BCUT2D eigenvalue weighted by Crippen LogP contribution is 2.21. The van der Waals surface area contributed by atoms with Crippen molar-refractivity contribution in [1.29, 1.82) is 0 Å². The number of hydrogen-bond acceptors (Lipinski definition) is 3. The summed E-state index contributed by atoms with van der Waals surface area (Å²) in [6.07, 6.45) is 6.10. The Morgan fingerprint density at radius 2 is 1.80 bits per heavy atom. The first-order chi connectivity index (χ1) is 9.56. The maximum Gasteiger partial charge on any atom is 0.115 e.